The molecule has 23 heavy (non-hydrogen) atoms. The number of nitrogens with one attached hydrogen (secondary N) is 2. The zero-order valence-corrected chi connectivity index (χ0v) is 16.0. The molecule has 2 bridgehead atoms. The summed E-state index contributed by atoms with van der Waals surface area (Å²) in [5.74, 6) is 0. The molecular weight excluding hydrogens is 308 g/mol. The van der Waals surface area contributed by atoms with Crippen LogP contribution in [0.15, 0.2) is 18.2 Å². The van der Waals surface area contributed by atoms with E-state index in [0.29, 0.717) is 16.9 Å². The molecule has 0 saturated carbocycles. The molecule has 1 aliphatic carbocycles. The Labute approximate surface area is 141 Å². The fourth-order valence-electron chi connectivity index (χ4n) is 3.87. The summed E-state index contributed by atoms with van der Waals surface area (Å²) in [5.41, 5.74) is 5.27. The maximum Gasteiger partial charge on any atom is 0.208 e. The van der Waals surface area contributed by atoms with Gasteiger partial charge in [0.15, 0.2) is 0 Å². The van der Waals surface area contributed by atoms with Crippen LogP contribution >= 0.6 is 0 Å². The molecule has 0 radical (unpaired) electrons. The predicted molar refractivity (Wildman–Crippen MR) is 96.3 cm³/mol. The fourth-order valence-corrected chi connectivity index (χ4v) is 3.87. The summed E-state index contributed by atoms with van der Waals surface area (Å²) in [4.78, 5) is 0. The number of benzene rings is 1. The molecule has 2 atom stereocenters. The summed E-state index contributed by atoms with van der Waals surface area (Å²) >= 11 is 0. The summed E-state index contributed by atoms with van der Waals surface area (Å²) in [7, 11) is -1.54. The van der Waals surface area contributed by atoms with Gasteiger partial charge in [0.25, 0.3) is 0 Å². The molecule has 3 rings (SSSR count). The van der Waals surface area contributed by atoms with E-state index < -0.39 is 10.0 Å². The minimum Gasteiger partial charge on any atom is -0.313 e. The van der Waals surface area contributed by atoms with Gasteiger partial charge < -0.3 is 5.32 Å². The maximum absolute atomic E-state index is 9.89. The maximum atomic E-state index is 9.89. The lowest BCUT2D eigenvalue weighted by molar-refractivity contribution is 0.0559. The van der Waals surface area contributed by atoms with Gasteiger partial charge in [-0.2, -0.15) is 0 Å². The molecule has 2 N–H and O–H groups in total. The van der Waals surface area contributed by atoms with Crippen LogP contribution in [0.2, 0.25) is 0 Å². The van der Waals surface area contributed by atoms with Crippen molar-refractivity contribution in [3.63, 3.8) is 0 Å². The smallest absolute Gasteiger partial charge is 0.208 e. The van der Waals surface area contributed by atoms with Crippen LogP contribution in [0.25, 0.3) is 0 Å². The first-order chi connectivity index (χ1) is 10.5. The van der Waals surface area contributed by atoms with E-state index in [2.05, 4.69) is 55.9 Å². The van der Waals surface area contributed by atoms with E-state index in [1.165, 1.54) is 25.5 Å². The second-order valence-corrected chi connectivity index (χ2v) is 9.60. The van der Waals surface area contributed by atoms with Crippen LogP contribution in [0.1, 0.15) is 43.9 Å². The largest absolute Gasteiger partial charge is 0.313 e. The first kappa shape index (κ1) is 18.4. The van der Waals surface area contributed by atoms with E-state index in [1.807, 2.05) is 0 Å². The van der Waals surface area contributed by atoms with E-state index in [9.17, 15) is 8.42 Å². The standard InChI is InChI=1S/C16H23N.C2H7NO2S/c1-11-5-6-12-10-14-15(2,3)16(4,7-8-17-14)13(12)9-11;1-3-6(2,4)5/h5-6,9,14,17H,7-8,10H2,1-4H3;3H,1-2H3/t14-,16+;/m1./s1. The van der Waals surface area contributed by atoms with Crippen molar-refractivity contribution in [2.24, 2.45) is 5.41 Å². The SMILES string of the molecule is CNS(C)(=O)=O.Cc1ccc2c(c1)[C@]1(C)CCN[C@H](C2)C1(C)C. The molecule has 0 amide bonds. The van der Waals surface area contributed by atoms with Crippen molar-refractivity contribution in [1.82, 2.24) is 10.0 Å². The second kappa shape index (κ2) is 6.19. The van der Waals surface area contributed by atoms with E-state index in [4.69, 9.17) is 0 Å². The van der Waals surface area contributed by atoms with Gasteiger partial charge in [-0.3, -0.25) is 0 Å². The summed E-state index contributed by atoms with van der Waals surface area (Å²) in [5, 5.41) is 3.72. The summed E-state index contributed by atoms with van der Waals surface area (Å²) in [6.07, 6.45) is 3.55. The molecule has 0 unspecified atom stereocenters. The Kier molecular flexibility index (Phi) is 4.96. The van der Waals surface area contributed by atoms with Crippen LogP contribution in [0.3, 0.4) is 0 Å². The lowest BCUT2D eigenvalue weighted by Gasteiger charge is -2.57. The van der Waals surface area contributed by atoms with Gasteiger partial charge in [-0.25, -0.2) is 13.1 Å². The summed E-state index contributed by atoms with van der Waals surface area (Å²) in [6.45, 7) is 10.7. The van der Waals surface area contributed by atoms with Crippen LogP contribution < -0.4 is 10.0 Å². The number of sulfonamides is 1. The van der Waals surface area contributed by atoms with Crippen molar-refractivity contribution in [3.05, 3.63) is 34.9 Å². The zero-order valence-electron chi connectivity index (χ0n) is 15.2. The number of aryl methyl sites for hydroxylation is 1. The molecule has 4 nitrogen and oxygen atoms in total. The first-order valence-corrected chi connectivity index (χ1v) is 10.1. The molecule has 130 valence electrons. The molecule has 2 aliphatic rings. The quantitative estimate of drug-likeness (QED) is 0.826. The van der Waals surface area contributed by atoms with E-state index in [0.717, 1.165) is 12.8 Å². The number of piperidine rings is 1. The Bertz CT molecular complexity index is 682. The van der Waals surface area contributed by atoms with Gasteiger partial charge in [-0.05, 0) is 49.9 Å². The lowest BCUT2D eigenvalue weighted by Crippen LogP contribution is -2.62. The predicted octanol–water partition coefficient (Wildman–Crippen LogP) is 2.36. The molecule has 5 heteroatoms. The van der Waals surface area contributed by atoms with Gasteiger partial charge in [-0.1, -0.05) is 44.5 Å². The van der Waals surface area contributed by atoms with Crippen LogP contribution in [0.4, 0.5) is 0 Å². The molecule has 1 aromatic rings. The van der Waals surface area contributed by atoms with Gasteiger partial charge in [0.05, 0.1) is 6.26 Å². The Hall–Kier alpha value is -0.910. The second-order valence-electron chi connectivity index (χ2n) is 7.65. The number of rotatable bonds is 1. The van der Waals surface area contributed by atoms with Crippen molar-refractivity contribution in [2.45, 2.75) is 52.0 Å². The molecule has 1 heterocycles. The molecule has 1 aromatic carbocycles. The van der Waals surface area contributed by atoms with E-state index in [-0.39, 0.29) is 0 Å². The fraction of sp³-hybridized carbons (Fsp3) is 0.667. The first-order valence-electron chi connectivity index (χ1n) is 8.23. The molecule has 1 saturated heterocycles. The van der Waals surface area contributed by atoms with Crippen LogP contribution in [0, 0.1) is 12.3 Å². The van der Waals surface area contributed by atoms with E-state index in [1.54, 1.807) is 11.1 Å². The molecular formula is C18H30N2O2S. The molecule has 0 aromatic heterocycles. The Morgan fingerprint density at radius 3 is 2.43 bits per heavy atom. The molecule has 0 spiro atoms. The third-order valence-electron chi connectivity index (χ3n) is 5.96. The highest BCUT2D eigenvalue weighted by Crippen LogP contribution is 2.53. The highest BCUT2D eigenvalue weighted by Gasteiger charge is 2.53. The van der Waals surface area contributed by atoms with Crippen molar-refractivity contribution < 1.29 is 8.42 Å². The molecule has 1 fully saturated rings. The number of fused-ring (bicyclic) bond motifs is 4. The van der Waals surface area contributed by atoms with Crippen LogP contribution in [0.5, 0.6) is 0 Å². The van der Waals surface area contributed by atoms with Crippen molar-refractivity contribution in [2.75, 3.05) is 19.8 Å². The van der Waals surface area contributed by atoms with Gasteiger partial charge in [0, 0.05) is 11.5 Å². The summed E-state index contributed by atoms with van der Waals surface area (Å²) < 4.78 is 21.9. The normalized spacial score (nSPS) is 28.3. The van der Waals surface area contributed by atoms with Crippen LogP contribution in [-0.4, -0.2) is 34.3 Å². The third-order valence-corrected chi connectivity index (χ3v) is 6.71. The van der Waals surface area contributed by atoms with Crippen molar-refractivity contribution >= 4 is 10.0 Å². The van der Waals surface area contributed by atoms with Gasteiger partial charge in [-0.15, -0.1) is 0 Å². The topological polar surface area (TPSA) is 58.2 Å². The highest BCUT2D eigenvalue weighted by atomic mass is 32.2. The zero-order chi connectivity index (χ0) is 17.5. The van der Waals surface area contributed by atoms with Crippen molar-refractivity contribution in [3.8, 4) is 0 Å². The van der Waals surface area contributed by atoms with E-state index >= 15 is 0 Å². The Morgan fingerprint density at radius 2 is 1.87 bits per heavy atom. The Morgan fingerprint density at radius 1 is 1.26 bits per heavy atom. The minimum atomic E-state index is -2.91. The Balaban J connectivity index is 0.000000277. The minimum absolute atomic E-state index is 0.336. The van der Waals surface area contributed by atoms with Gasteiger partial charge in [0.2, 0.25) is 10.0 Å². The van der Waals surface area contributed by atoms with Gasteiger partial charge in [0.1, 0.15) is 0 Å². The van der Waals surface area contributed by atoms with Crippen LogP contribution in [-0.2, 0) is 21.9 Å². The van der Waals surface area contributed by atoms with Gasteiger partial charge >= 0.3 is 0 Å². The summed E-state index contributed by atoms with van der Waals surface area (Å²) in [6, 6.07) is 7.67. The molecule has 1 aliphatic heterocycles. The monoisotopic (exact) mass is 338 g/mol. The number of hydrogen-bond donors (Lipinski definition) is 2. The third kappa shape index (κ3) is 3.47. The van der Waals surface area contributed by atoms with Crippen molar-refractivity contribution in [1.29, 1.82) is 0 Å². The average molecular weight is 339 g/mol. The highest BCUT2D eigenvalue weighted by molar-refractivity contribution is 7.88. The lowest BCUT2D eigenvalue weighted by atomic mass is 9.51. The average Bonchev–Trinajstić information content (AvgIpc) is 2.44. The number of hydrogen-bond acceptors (Lipinski definition) is 3.